The van der Waals surface area contributed by atoms with Crippen LogP contribution in [0, 0.1) is 0 Å². The van der Waals surface area contributed by atoms with Crippen LogP contribution in [0.4, 0.5) is 5.69 Å². The van der Waals surface area contributed by atoms with Gasteiger partial charge in [0.15, 0.2) is 0 Å². The van der Waals surface area contributed by atoms with Crippen LogP contribution in [-0.4, -0.2) is 31.7 Å². The van der Waals surface area contributed by atoms with Crippen LogP contribution in [0.3, 0.4) is 0 Å². The minimum Gasteiger partial charge on any atom is -0.322 e. The highest BCUT2D eigenvalue weighted by molar-refractivity contribution is 9.10. The highest BCUT2D eigenvalue weighted by Gasteiger charge is 2.25. The number of halogens is 2. The molecule has 0 unspecified atom stereocenters. The van der Waals surface area contributed by atoms with Crippen LogP contribution < -0.4 is 5.32 Å². The summed E-state index contributed by atoms with van der Waals surface area (Å²) >= 11 is 9.17. The van der Waals surface area contributed by atoms with Gasteiger partial charge in [-0.2, -0.15) is 4.31 Å². The molecule has 2 rings (SSSR count). The molecule has 5 nitrogen and oxygen atoms in total. The number of carbonyl (C=O) groups excluding carboxylic acids is 1. The fraction of sp³-hybridized carbons (Fsp3) is 0.235. The molecule has 0 aliphatic carbocycles. The van der Waals surface area contributed by atoms with Crippen LogP contribution in [0.2, 0.25) is 5.02 Å². The van der Waals surface area contributed by atoms with E-state index in [1.165, 1.54) is 10.4 Å². The lowest BCUT2D eigenvalue weighted by molar-refractivity contribution is 0.102. The van der Waals surface area contributed by atoms with Crippen molar-refractivity contribution in [3.63, 3.8) is 0 Å². The van der Waals surface area contributed by atoms with Gasteiger partial charge in [0.1, 0.15) is 0 Å². The van der Waals surface area contributed by atoms with Gasteiger partial charge in [0.05, 0.1) is 4.90 Å². The topological polar surface area (TPSA) is 66.5 Å². The molecule has 25 heavy (non-hydrogen) atoms. The summed E-state index contributed by atoms with van der Waals surface area (Å²) in [6.07, 6.45) is 0. The molecule has 0 fully saturated rings. The molecule has 2 aromatic carbocycles. The van der Waals surface area contributed by atoms with Crippen molar-refractivity contribution in [1.29, 1.82) is 0 Å². The molecule has 1 N–H and O–H groups in total. The monoisotopic (exact) mass is 444 g/mol. The minimum absolute atomic E-state index is 0.0648. The van der Waals surface area contributed by atoms with E-state index in [2.05, 4.69) is 21.2 Å². The fourth-order valence-corrected chi connectivity index (χ4v) is 4.91. The van der Waals surface area contributed by atoms with Gasteiger partial charge in [-0.25, -0.2) is 8.42 Å². The van der Waals surface area contributed by atoms with Crippen LogP contribution in [0.15, 0.2) is 51.8 Å². The molecule has 0 saturated carbocycles. The fourth-order valence-electron chi connectivity index (χ4n) is 2.31. The van der Waals surface area contributed by atoms with Gasteiger partial charge in [-0.15, -0.1) is 0 Å². The molecule has 2 aromatic rings. The zero-order valence-electron chi connectivity index (χ0n) is 13.8. The van der Waals surface area contributed by atoms with Gasteiger partial charge < -0.3 is 5.32 Å². The summed E-state index contributed by atoms with van der Waals surface area (Å²) in [6, 6.07) is 11.2. The summed E-state index contributed by atoms with van der Waals surface area (Å²) < 4.78 is 27.2. The van der Waals surface area contributed by atoms with Crippen LogP contribution in [0.5, 0.6) is 0 Å². The molecule has 0 bridgehead atoms. The highest BCUT2D eigenvalue weighted by atomic mass is 79.9. The molecule has 0 spiro atoms. The Balaban J connectivity index is 2.37. The second kappa shape index (κ2) is 8.31. The number of sulfonamides is 1. The lowest BCUT2D eigenvalue weighted by Gasteiger charge is -2.19. The summed E-state index contributed by atoms with van der Waals surface area (Å²) in [5.41, 5.74) is 0.780. The predicted octanol–water partition coefficient (Wildman–Crippen LogP) is 4.39. The summed E-state index contributed by atoms with van der Waals surface area (Å²) in [7, 11) is -3.68. The first kappa shape index (κ1) is 19.9. The van der Waals surface area contributed by atoms with Gasteiger partial charge in [-0.3, -0.25) is 4.79 Å². The SMILES string of the molecule is CCN(CC)S(=O)(=O)c1cc(C(=O)Nc2cccc(Cl)c2)ccc1Br. The average Bonchev–Trinajstić information content (AvgIpc) is 2.55. The largest absolute Gasteiger partial charge is 0.322 e. The molecule has 0 heterocycles. The van der Waals surface area contributed by atoms with E-state index < -0.39 is 15.9 Å². The number of anilines is 1. The molecule has 1 amide bonds. The van der Waals surface area contributed by atoms with Crippen molar-refractivity contribution in [3.05, 3.63) is 57.5 Å². The normalized spacial score (nSPS) is 11.6. The van der Waals surface area contributed by atoms with Crippen molar-refractivity contribution >= 4 is 49.1 Å². The number of hydrogen-bond donors (Lipinski definition) is 1. The quantitative estimate of drug-likeness (QED) is 0.717. The molecule has 0 aliphatic heterocycles. The first-order chi connectivity index (χ1) is 11.8. The van der Waals surface area contributed by atoms with E-state index in [0.29, 0.717) is 28.3 Å². The Kier molecular flexibility index (Phi) is 6.62. The standard InChI is InChI=1S/C17H18BrClN2O3S/c1-3-21(4-2)25(23,24)16-10-12(8-9-15(16)18)17(22)20-14-7-5-6-13(19)11-14/h5-11H,3-4H2,1-2H3,(H,20,22). The van der Waals surface area contributed by atoms with Crippen molar-refractivity contribution in [2.24, 2.45) is 0 Å². The zero-order chi connectivity index (χ0) is 18.6. The van der Waals surface area contributed by atoms with Crippen LogP contribution in [-0.2, 0) is 10.0 Å². The summed E-state index contributed by atoms with van der Waals surface area (Å²) in [4.78, 5) is 12.5. The van der Waals surface area contributed by atoms with Crippen molar-refractivity contribution < 1.29 is 13.2 Å². The first-order valence-corrected chi connectivity index (χ1v) is 10.3. The second-order valence-corrected chi connectivity index (χ2v) is 8.40. The average molecular weight is 446 g/mol. The van der Waals surface area contributed by atoms with Gasteiger partial charge in [-0.05, 0) is 52.3 Å². The molecule has 8 heteroatoms. The van der Waals surface area contributed by atoms with E-state index >= 15 is 0 Å². The first-order valence-electron chi connectivity index (χ1n) is 7.66. The molecule has 134 valence electrons. The van der Waals surface area contributed by atoms with E-state index in [1.54, 1.807) is 50.2 Å². The van der Waals surface area contributed by atoms with Crippen molar-refractivity contribution in [1.82, 2.24) is 4.31 Å². The molecule has 0 aliphatic rings. The number of nitrogens with one attached hydrogen (secondary N) is 1. The Morgan fingerprint density at radius 3 is 2.44 bits per heavy atom. The van der Waals surface area contributed by atoms with Gasteiger partial charge in [0.2, 0.25) is 10.0 Å². The number of rotatable bonds is 6. The van der Waals surface area contributed by atoms with Crippen LogP contribution in [0.25, 0.3) is 0 Å². The summed E-state index contributed by atoms with van der Waals surface area (Å²) in [5.74, 6) is -0.411. The lowest BCUT2D eigenvalue weighted by Crippen LogP contribution is -2.31. The van der Waals surface area contributed by atoms with Gasteiger partial charge in [0.25, 0.3) is 5.91 Å². The summed E-state index contributed by atoms with van der Waals surface area (Å²) in [6.45, 7) is 4.24. The Bertz CT molecular complexity index is 883. The lowest BCUT2D eigenvalue weighted by atomic mass is 10.2. The number of hydrogen-bond acceptors (Lipinski definition) is 3. The number of carbonyl (C=O) groups is 1. The highest BCUT2D eigenvalue weighted by Crippen LogP contribution is 2.27. The summed E-state index contributed by atoms with van der Waals surface area (Å²) in [5, 5.41) is 3.21. The Morgan fingerprint density at radius 2 is 1.84 bits per heavy atom. The van der Waals surface area contributed by atoms with Gasteiger partial charge in [-0.1, -0.05) is 31.5 Å². The second-order valence-electron chi connectivity index (χ2n) is 5.20. The Labute approximate surface area is 161 Å². The molecule has 0 atom stereocenters. The van der Waals surface area contributed by atoms with Gasteiger partial charge in [0, 0.05) is 33.8 Å². The predicted molar refractivity (Wildman–Crippen MR) is 104 cm³/mol. The van der Waals surface area contributed by atoms with E-state index in [4.69, 9.17) is 11.6 Å². The molecule has 0 aromatic heterocycles. The third-order valence-corrected chi connectivity index (χ3v) is 6.88. The van der Waals surface area contributed by atoms with E-state index in [1.807, 2.05) is 0 Å². The molecule has 0 radical (unpaired) electrons. The molecular formula is C17H18BrClN2O3S. The van der Waals surface area contributed by atoms with Crippen molar-refractivity contribution in [2.45, 2.75) is 18.7 Å². The number of nitrogens with zero attached hydrogens (tertiary/aromatic N) is 1. The van der Waals surface area contributed by atoms with E-state index in [-0.39, 0.29) is 10.5 Å². The Hall–Kier alpha value is -1.41. The third kappa shape index (κ3) is 4.61. The smallest absolute Gasteiger partial charge is 0.255 e. The van der Waals surface area contributed by atoms with Crippen molar-refractivity contribution in [3.8, 4) is 0 Å². The Morgan fingerprint density at radius 1 is 1.16 bits per heavy atom. The number of benzene rings is 2. The van der Waals surface area contributed by atoms with E-state index in [0.717, 1.165) is 0 Å². The maximum absolute atomic E-state index is 12.7. The minimum atomic E-state index is -3.68. The maximum atomic E-state index is 12.7. The van der Waals surface area contributed by atoms with Crippen molar-refractivity contribution in [2.75, 3.05) is 18.4 Å². The maximum Gasteiger partial charge on any atom is 0.255 e. The van der Waals surface area contributed by atoms with Crippen LogP contribution in [0.1, 0.15) is 24.2 Å². The van der Waals surface area contributed by atoms with E-state index in [9.17, 15) is 13.2 Å². The molecular weight excluding hydrogens is 428 g/mol. The molecule has 0 saturated heterocycles. The number of amides is 1. The van der Waals surface area contributed by atoms with Gasteiger partial charge >= 0.3 is 0 Å². The van der Waals surface area contributed by atoms with Crippen LogP contribution >= 0.6 is 27.5 Å². The zero-order valence-corrected chi connectivity index (χ0v) is 17.0. The third-order valence-electron chi connectivity index (χ3n) is 3.60.